The van der Waals surface area contributed by atoms with Crippen molar-refractivity contribution in [3.63, 3.8) is 0 Å². The third kappa shape index (κ3) is 2.90. The predicted octanol–water partition coefficient (Wildman–Crippen LogP) is 2.79. The molecule has 1 aromatic heterocycles. The number of nitrogens with zero attached hydrogens (tertiary/aromatic N) is 2. The average Bonchev–Trinajstić information content (AvgIpc) is 2.70. The van der Waals surface area contributed by atoms with E-state index in [1.165, 1.54) is 10.9 Å². The van der Waals surface area contributed by atoms with Gasteiger partial charge in [-0.3, -0.25) is 9.48 Å². The van der Waals surface area contributed by atoms with Crippen LogP contribution in [0.25, 0.3) is 0 Å². The first kappa shape index (κ1) is 12.6. The second-order valence-electron chi connectivity index (χ2n) is 4.15. The van der Waals surface area contributed by atoms with Gasteiger partial charge in [0.2, 0.25) is 5.91 Å². The lowest BCUT2D eigenvalue weighted by atomic mass is 10.1. The topological polar surface area (TPSA) is 46.9 Å². The number of aromatic nitrogens is 2. The van der Waals surface area contributed by atoms with Crippen LogP contribution in [0.1, 0.15) is 11.1 Å². The first-order chi connectivity index (χ1) is 8.56. The van der Waals surface area contributed by atoms with Crippen molar-refractivity contribution < 1.29 is 4.79 Å². The van der Waals surface area contributed by atoms with E-state index in [0.717, 1.165) is 16.8 Å². The molecule has 0 aliphatic carbocycles. The van der Waals surface area contributed by atoms with E-state index in [4.69, 9.17) is 11.6 Å². The van der Waals surface area contributed by atoms with Gasteiger partial charge in [0, 0.05) is 11.9 Å². The van der Waals surface area contributed by atoms with Crippen LogP contribution in [0.3, 0.4) is 0 Å². The molecule has 0 bridgehead atoms. The van der Waals surface area contributed by atoms with Gasteiger partial charge < -0.3 is 5.32 Å². The van der Waals surface area contributed by atoms with Gasteiger partial charge in [0.05, 0.1) is 11.2 Å². The molecule has 0 spiro atoms. The Labute approximate surface area is 111 Å². The van der Waals surface area contributed by atoms with Gasteiger partial charge in [-0.2, -0.15) is 5.10 Å². The molecule has 1 heterocycles. The smallest absolute Gasteiger partial charge is 0.246 e. The maximum absolute atomic E-state index is 11.8. The van der Waals surface area contributed by atoms with E-state index in [0.29, 0.717) is 5.02 Å². The van der Waals surface area contributed by atoms with Crippen molar-refractivity contribution in [1.29, 1.82) is 0 Å². The minimum atomic E-state index is -0.122. The highest BCUT2D eigenvalue weighted by Crippen LogP contribution is 2.17. The molecule has 2 aromatic rings. The summed E-state index contributed by atoms with van der Waals surface area (Å²) in [6.07, 6.45) is 3.12. The summed E-state index contributed by atoms with van der Waals surface area (Å²) in [4.78, 5) is 11.8. The fraction of sp³-hybridized carbons (Fsp3) is 0.231. The zero-order valence-corrected chi connectivity index (χ0v) is 11.0. The number of carbonyl (C=O) groups is 1. The lowest BCUT2D eigenvalue weighted by molar-refractivity contribution is -0.116. The van der Waals surface area contributed by atoms with Crippen molar-refractivity contribution in [2.45, 2.75) is 20.4 Å². The quantitative estimate of drug-likeness (QED) is 0.926. The summed E-state index contributed by atoms with van der Waals surface area (Å²) < 4.78 is 1.50. The van der Waals surface area contributed by atoms with Crippen molar-refractivity contribution in [3.05, 3.63) is 46.7 Å². The number of aryl methyl sites for hydroxylation is 1. The van der Waals surface area contributed by atoms with Crippen LogP contribution >= 0.6 is 11.6 Å². The Balaban J connectivity index is 2.05. The molecule has 4 nitrogen and oxygen atoms in total. The van der Waals surface area contributed by atoms with Gasteiger partial charge in [-0.25, -0.2) is 0 Å². The molecular weight excluding hydrogens is 250 g/mol. The van der Waals surface area contributed by atoms with Crippen LogP contribution in [0.4, 0.5) is 5.69 Å². The number of hydrogen-bond acceptors (Lipinski definition) is 2. The Bertz CT molecular complexity index is 577. The van der Waals surface area contributed by atoms with Gasteiger partial charge in [0.25, 0.3) is 0 Å². The number of carbonyl (C=O) groups excluding carboxylic acids is 1. The van der Waals surface area contributed by atoms with Gasteiger partial charge in [-0.15, -0.1) is 0 Å². The lowest BCUT2D eigenvalue weighted by Crippen LogP contribution is -2.19. The van der Waals surface area contributed by atoms with Crippen LogP contribution in [0.15, 0.2) is 30.6 Å². The summed E-state index contributed by atoms with van der Waals surface area (Å²) in [6.45, 7) is 4.15. The first-order valence-corrected chi connectivity index (χ1v) is 5.98. The Hall–Kier alpha value is -1.81. The second kappa shape index (κ2) is 5.23. The number of hydrogen-bond donors (Lipinski definition) is 1. The second-order valence-corrected chi connectivity index (χ2v) is 4.59. The van der Waals surface area contributed by atoms with E-state index in [-0.39, 0.29) is 12.5 Å². The van der Waals surface area contributed by atoms with Crippen molar-refractivity contribution in [1.82, 2.24) is 9.78 Å². The number of rotatable bonds is 3. The van der Waals surface area contributed by atoms with Crippen molar-refractivity contribution in [2.24, 2.45) is 0 Å². The van der Waals surface area contributed by atoms with Gasteiger partial charge >= 0.3 is 0 Å². The van der Waals surface area contributed by atoms with Crippen LogP contribution in [0.2, 0.25) is 5.02 Å². The fourth-order valence-corrected chi connectivity index (χ4v) is 1.80. The van der Waals surface area contributed by atoms with Crippen LogP contribution in [-0.2, 0) is 11.3 Å². The number of anilines is 1. The zero-order valence-electron chi connectivity index (χ0n) is 10.3. The molecule has 0 unspecified atom stereocenters. The van der Waals surface area contributed by atoms with Crippen molar-refractivity contribution >= 4 is 23.2 Å². The van der Waals surface area contributed by atoms with E-state index in [1.807, 2.05) is 32.0 Å². The minimum Gasteiger partial charge on any atom is -0.324 e. The molecule has 0 atom stereocenters. The maximum atomic E-state index is 11.8. The van der Waals surface area contributed by atoms with E-state index in [1.54, 1.807) is 6.20 Å². The molecule has 1 aromatic carbocycles. The molecule has 0 saturated carbocycles. The number of amides is 1. The molecule has 18 heavy (non-hydrogen) atoms. The number of benzene rings is 1. The molecule has 0 saturated heterocycles. The van der Waals surface area contributed by atoms with Gasteiger partial charge in [-0.1, -0.05) is 23.7 Å². The predicted molar refractivity (Wildman–Crippen MR) is 71.8 cm³/mol. The third-order valence-electron chi connectivity index (χ3n) is 2.79. The Morgan fingerprint density at radius 2 is 2.22 bits per heavy atom. The molecule has 5 heteroatoms. The first-order valence-electron chi connectivity index (χ1n) is 5.60. The monoisotopic (exact) mass is 263 g/mol. The number of halogens is 1. The highest BCUT2D eigenvalue weighted by molar-refractivity contribution is 6.30. The summed E-state index contributed by atoms with van der Waals surface area (Å²) in [5.41, 5.74) is 3.05. The molecule has 0 fully saturated rings. The average molecular weight is 264 g/mol. The molecule has 94 valence electrons. The molecule has 0 aliphatic heterocycles. The third-order valence-corrected chi connectivity index (χ3v) is 2.98. The standard InChI is InChI=1S/C13H14ClN3O/c1-9-4-3-5-12(10(9)2)16-13(18)8-17-7-11(14)6-15-17/h3-7H,8H2,1-2H3,(H,16,18). The molecule has 1 N–H and O–H groups in total. The normalized spacial score (nSPS) is 10.4. The summed E-state index contributed by atoms with van der Waals surface area (Å²) in [6, 6.07) is 5.82. The number of nitrogens with one attached hydrogen (secondary N) is 1. The minimum absolute atomic E-state index is 0.122. The largest absolute Gasteiger partial charge is 0.324 e. The zero-order chi connectivity index (χ0) is 13.1. The summed E-state index contributed by atoms with van der Waals surface area (Å²) >= 11 is 5.74. The lowest BCUT2D eigenvalue weighted by Gasteiger charge is -2.10. The van der Waals surface area contributed by atoms with Crippen molar-refractivity contribution in [2.75, 3.05) is 5.32 Å². The van der Waals surface area contributed by atoms with Crippen LogP contribution in [0.5, 0.6) is 0 Å². The fourth-order valence-electron chi connectivity index (χ4n) is 1.65. The van der Waals surface area contributed by atoms with Crippen molar-refractivity contribution in [3.8, 4) is 0 Å². The van der Waals surface area contributed by atoms with E-state index < -0.39 is 0 Å². The van der Waals surface area contributed by atoms with Gasteiger partial charge in [0.15, 0.2) is 0 Å². The van der Waals surface area contributed by atoms with Crippen LogP contribution in [-0.4, -0.2) is 15.7 Å². The molecule has 2 rings (SSSR count). The Kier molecular flexibility index (Phi) is 3.67. The summed E-state index contributed by atoms with van der Waals surface area (Å²) in [5.74, 6) is -0.122. The molecular formula is C13H14ClN3O. The molecule has 1 amide bonds. The van der Waals surface area contributed by atoms with E-state index >= 15 is 0 Å². The highest BCUT2D eigenvalue weighted by Gasteiger charge is 2.07. The SMILES string of the molecule is Cc1cccc(NC(=O)Cn2cc(Cl)cn2)c1C. The molecule has 0 radical (unpaired) electrons. The Morgan fingerprint density at radius 1 is 1.44 bits per heavy atom. The van der Waals surface area contributed by atoms with Crippen LogP contribution < -0.4 is 5.32 Å². The Morgan fingerprint density at radius 3 is 2.89 bits per heavy atom. The van der Waals surface area contributed by atoms with Gasteiger partial charge in [-0.05, 0) is 31.0 Å². The highest BCUT2D eigenvalue weighted by atomic mass is 35.5. The molecule has 0 aliphatic rings. The summed E-state index contributed by atoms with van der Waals surface area (Å²) in [5, 5.41) is 7.35. The van der Waals surface area contributed by atoms with Crippen LogP contribution in [0, 0.1) is 13.8 Å². The summed E-state index contributed by atoms with van der Waals surface area (Å²) in [7, 11) is 0. The maximum Gasteiger partial charge on any atom is 0.246 e. The van der Waals surface area contributed by atoms with E-state index in [2.05, 4.69) is 10.4 Å². The van der Waals surface area contributed by atoms with E-state index in [9.17, 15) is 4.79 Å². The van der Waals surface area contributed by atoms with Gasteiger partial charge in [0.1, 0.15) is 6.54 Å².